The topological polar surface area (TPSA) is 508 Å². The van der Waals surface area contributed by atoms with E-state index < -0.39 is 145 Å². The maximum atomic E-state index is 14.4. The van der Waals surface area contributed by atoms with Crippen molar-refractivity contribution in [3.8, 4) is 0 Å². The molecule has 28 nitrogen and oxygen atoms in total. The van der Waals surface area contributed by atoms with E-state index in [0.29, 0.717) is 51.5 Å². The van der Waals surface area contributed by atoms with Gasteiger partial charge in [-0.15, -0.1) is 0 Å². The predicted molar refractivity (Wildman–Crippen MR) is 310 cm³/mol. The fourth-order valence-electron chi connectivity index (χ4n) is 9.04. The highest BCUT2D eigenvalue weighted by Gasteiger charge is 2.36. The van der Waals surface area contributed by atoms with E-state index in [9.17, 15) is 63.0 Å². The normalized spacial score (nSPS) is 14.3. The Morgan fingerprint density at radius 2 is 0.939 bits per heavy atom. The van der Waals surface area contributed by atoms with E-state index in [2.05, 4.69) is 41.6 Å². The summed E-state index contributed by atoms with van der Waals surface area (Å²) in [4.78, 5) is 159. The average molecular weight is 1160 g/mol. The van der Waals surface area contributed by atoms with Crippen molar-refractivity contribution in [1.82, 2.24) is 26.6 Å². The van der Waals surface area contributed by atoms with Crippen molar-refractivity contribution < 1.29 is 63.0 Å². The van der Waals surface area contributed by atoms with Gasteiger partial charge in [-0.2, -0.15) is 0 Å². The van der Waals surface area contributed by atoms with E-state index in [1.54, 1.807) is 13.8 Å². The highest BCUT2D eigenvalue weighted by atomic mass is 16.4. The van der Waals surface area contributed by atoms with Gasteiger partial charge in [-0.05, 0) is 95.9 Å². The Hall–Kier alpha value is -7.26. The van der Waals surface area contributed by atoms with Gasteiger partial charge in [0.1, 0.15) is 0 Å². The number of nitrogens with one attached hydrogen (secondary N) is 5. The molecule has 0 heterocycles. The van der Waals surface area contributed by atoms with Crippen molar-refractivity contribution in [2.24, 2.45) is 90.6 Å². The number of carboxylic acids is 2. The number of aliphatic carboxylic acids is 2. The first-order valence-corrected chi connectivity index (χ1v) is 28.4. The number of hydrogen-bond donors (Lipinski definition) is 14. The predicted octanol–water partition coefficient (Wildman–Crippen LogP) is -0.505. The number of carbonyl (C=O) groups excluding carboxylic acids is 9. The zero-order chi connectivity index (χ0) is 62.5. The van der Waals surface area contributed by atoms with Gasteiger partial charge in [0.25, 0.3) is 0 Å². The van der Waals surface area contributed by atoms with Crippen LogP contribution in [0.2, 0.25) is 0 Å². The van der Waals surface area contributed by atoms with Gasteiger partial charge in [-0.3, -0.25) is 67.7 Å². The Morgan fingerprint density at radius 1 is 0.488 bits per heavy atom. The van der Waals surface area contributed by atoms with Crippen LogP contribution in [-0.2, 0) is 52.7 Å². The lowest BCUT2D eigenvalue weighted by Gasteiger charge is -2.28. The Labute approximate surface area is 481 Å². The number of ketones is 4. The summed E-state index contributed by atoms with van der Waals surface area (Å²) in [5.41, 5.74) is 38.4. The molecule has 82 heavy (non-hydrogen) atoms. The summed E-state index contributed by atoms with van der Waals surface area (Å²) in [7, 11) is 0. The van der Waals surface area contributed by atoms with Crippen LogP contribution in [0.5, 0.6) is 0 Å². The molecule has 0 aromatic carbocycles. The van der Waals surface area contributed by atoms with Gasteiger partial charge in [0, 0.05) is 94.8 Å². The summed E-state index contributed by atoms with van der Waals surface area (Å²) in [6, 6.07) is -4.01. The Bertz CT molecular complexity index is 2180. The molecule has 5 amide bonds. The van der Waals surface area contributed by atoms with Crippen molar-refractivity contribution in [3.05, 3.63) is 0 Å². The molecular weight excluding hydrogens is 1070 g/mol. The second kappa shape index (κ2) is 41.7. The van der Waals surface area contributed by atoms with Gasteiger partial charge >= 0.3 is 11.9 Å². The lowest BCUT2D eigenvalue weighted by atomic mass is 9.86. The number of aliphatic imine (C=N–C) groups is 3. The van der Waals surface area contributed by atoms with Crippen LogP contribution in [0, 0.1) is 35.5 Å². The van der Waals surface area contributed by atoms with Crippen molar-refractivity contribution in [1.29, 1.82) is 0 Å². The fraction of sp³-hybridized carbons (Fsp3) is 0.741. The highest BCUT2D eigenvalue weighted by molar-refractivity contribution is 5.98. The molecule has 0 rings (SSSR count). The molecule has 9 atom stereocenters. The number of carbonyl (C=O) groups is 11. The number of hydrogen-bond acceptors (Lipinski definition) is 15. The standard InChI is InChI=1S/C54H97N15O13/c1-7-32(4)47(44(74)29-37(17-19-45(75)76)48(79)65-30-39(71)26-38(25-31(2)3)51(82)66-33(5)13-10-22-62-52(56)57)69-50(81)36(15-11-23-63-53(58)59)28-43(73)41(18-20-46(77)78)68-49(80)35(14-8-9-21-55)27-42(72)40(67-34(6)70)16-12-24-64-54(60)61/h31-33,35-38,40-41,47H,7-30,55H2,1-6H3,(H,65,79)(H,66,82)(H,67,70)(H,68,80)(H,69,81)(H,75,76)(H,77,78)(H4,56,57,62)(H4,58,59,63)(H4,60,61,64)/t32-,33-,35-,36-,37-,38-,40+,41+,47+/m1/s1. The van der Waals surface area contributed by atoms with Crippen molar-refractivity contribution in [3.63, 3.8) is 0 Å². The first-order chi connectivity index (χ1) is 38.5. The molecule has 0 spiro atoms. The van der Waals surface area contributed by atoms with Gasteiger partial charge in [0.05, 0.1) is 24.7 Å². The van der Waals surface area contributed by atoms with Crippen LogP contribution in [-0.4, -0.2) is 150 Å². The largest absolute Gasteiger partial charge is 0.481 e. The van der Waals surface area contributed by atoms with Crippen molar-refractivity contribution in [2.75, 3.05) is 32.7 Å². The number of nitrogens with zero attached hydrogens (tertiary/aromatic N) is 3. The van der Waals surface area contributed by atoms with E-state index in [1.165, 1.54) is 6.92 Å². The highest BCUT2D eigenvalue weighted by Crippen LogP contribution is 2.23. The van der Waals surface area contributed by atoms with Gasteiger partial charge in [-0.1, -0.05) is 40.5 Å². The molecule has 0 aliphatic heterocycles. The summed E-state index contributed by atoms with van der Waals surface area (Å²) in [6.45, 7) is 10.6. The fourth-order valence-corrected chi connectivity index (χ4v) is 9.04. The minimum atomic E-state index is -1.47. The summed E-state index contributed by atoms with van der Waals surface area (Å²) in [5, 5.41) is 32.7. The van der Waals surface area contributed by atoms with E-state index in [-0.39, 0.29) is 100 Å². The summed E-state index contributed by atoms with van der Waals surface area (Å²) < 4.78 is 0. The molecule has 0 aliphatic carbocycles. The summed E-state index contributed by atoms with van der Waals surface area (Å²) >= 11 is 0. The van der Waals surface area contributed by atoms with Gasteiger partial charge in [0.2, 0.25) is 29.5 Å². The zero-order valence-corrected chi connectivity index (χ0v) is 49.0. The van der Waals surface area contributed by atoms with Crippen LogP contribution >= 0.6 is 0 Å². The van der Waals surface area contributed by atoms with Crippen LogP contribution < -0.4 is 66.7 Å². The van der Waals surface area contributed by atoms with Gasteiger partial charge in [-0.25, -0.2) is 0 Å². The molecule has 21 N–H and O–H groups in total. The van der Waals surface area contributed by atoms with E-state index in [1.807, 2.05) is 20.8 Å². The first-order valence-electron chi connectivity index (χ1n) is 28.4. The zero-order valence-electron chi connectivity index (χ0n) is 49.0. The molecular formula is C54H97N15O13. The van der Waals surface area contributed by atoms with Crippen molar-refractivity contribution in [2.45, 2.75) is 188 Å². The quantitative estimate of drug-likeness (QED) is 0.0207. The van der Waals surface area contributed by atoms with Crippen LogP contribution in [0.1, 0.15) is 164 Å². The second-order valence-corrected chi connectivity index (χ2v) is 21.5. The molecule has 0 unspecified atom stereocenters. The first kappa shape index (κ1) is 74.7. The maximum absolute atomic E-state index is 14.4. The third-order valence-corrected chi connectivity index (χ3v) is 13.6. The van der Waals surface area contributed by atoms with Crippen LogP contribution in [0.15, 0.2) is 15.0 Å². The third-order valence-electron chi connectivity index (χ3n) is 13.6. The molecule has 466 valence electrons. The Balaban J connectivity index is 6.75. The number of unbranched alkanes of at least 4 members (excludes halogenated alkanes) is 1. The monoisotopic (exact) mass is 1160 g/mol. The van der Waals surface area contributed by atoms with Crippen molar-refractivity contribution >= 4 is 82.5 Å². The number of amides is 5. The molecule has 0 aromatic rings. The summed E-state index contributed by atoms with van der Waals surface area (Å²) in [6.07, 6.45) is -0.111. The number of carboxylic acid groups (broad SMARTS) is 2. The van der Waals surface area contributed by atoms with E-state index >= 15 is 0 Å². The molecule has 0 saturated heterocycles. The lowest BCUT2D eigenvalue weighted by Crippen LogP contribution is -2.50. The number of Topliss-reactive ketones (excluding diaryl/α,β-unsaturated/α-hetero) is 4. The van der Waals surface area contributed by atoms with Gasteiger partial charge in [0.15, 0.2) is 41.0 Å². The summed E-state index contributed by atoms with van der Waals surface area (Å²) in [5.74, 6) is -13.3. The number of guanidine groups is 3. The van der Waals surface area contributed by atoms with E-state index in [4.69, 9.17) is 40.1 Å². The molecule has 28 heteroatoms. The number of nitrogens with two attached hydrogens (primary N) is 7. The SMILES string of the molecule is CC[C@@H](C)[C@H](NC(=O)[C@H](CCCN=C(N)N)CC(=O)[C@H](CCC(=O)O)NC(=O)[C@H](CCCCN)CC(=O)[C@H](CCCN=C(N)N)NC(C)=O)C(=O)C[C@@H](CCC(=O)O)C(=O)NCC(=O)C[C@@H](CC(C)C)C(=O)N[C@H](C)CCCN=C(N)N. The van der Waals surface area contributed by atoms with Crippen LogP contribution in [0.3, 0.4) is 0 Å². The molecule has 0 fully saturated rings. The molecule has 0 saturated carbocycles. The maximum Gasteiger partial charge on any atom is 0.303 e. The molecule has 0 bridgehead atoms. The third kappa shape index (κ3) is 34.8. The average Bonchev–Trinajstić information content (AvgIpc) is 3.42. The Morgan fingerprint density at radius 3 is 1.43 bits per heavy atom. The number of rotatable bonds is 47. The van der Waals surface area contributed by atoms with Crippen LogP contribution in [0.25, 0.3) is 0 Å². The second-order valence-electron chi connectivity index (χ2n) is 21.5. The van der Waals surface area contributed by atoms with E-state index in [0.717, 1.165) is 0 Å². The Kier molecular flexibility index (Phi) is 38.0. The minimum absolute atomic E-state index is 0.0237. The smallest absolute Gasteiger partial charge is 0.303 e. The minimum Gasteiger partial charge on any atom is -0.481 e. The molecule has 0 aromatic heterocycles. The van der Waals surface area contributed by atoms with Gasteiger partial charge < -0.3 is 76.9 Å². The molecule has 0 aliphatic rings. The lowest BCUT2D eigenvalue weighted by molar-refractivity contribution is -0.140. The van der Waals surface area contributed by atoms with Crippen LogP contribution in [0.4, 0.5) is 0 Å². The molecule has 0 radical (unpaired) electrons.